The van der Waals surface area contributed by atoms with E-state index in [1.165, 1.54) is 5.56 Å². The van der Waals surface area contributed by atoms with Crippen LogP contribution in [0.2, 0.25) is 0 Å². The van der Waals surface area contributed by atoms with Crippen molar-refractivity contribution in [3.05, 3.63) is 60.2 Å². The number of ether oxygens (including phenoxy) is 2. The van der Waals surface area contributed by atoms with Gasteiger partial charge in [-0.2, -0.15) is 0 Å². The van der Waals surface area contributed by atoms with Crippen LogP contribution >= 0.6 is 24.0 Å². The van der Waals surface area contributed by atoms with Crippen molar-refractivity contribution in [3.8, 4) is 11.5 Å². The van der Waals surface area contributed by atoms with E-state index in [1.807, 2.05) is 42.5 Å². The number of hydrogen-bond acceptors (Lipinski definition) is 3. The van der Waals surface area contributed by atoms with Crippen molar-refractivity contribution >= 4 is 29.9 Å². The lowest BCUT2D eigenvalue weighted by atomic mass is 10.1. The highest BCUT2D eigenvalue weighted by molar-refractivity contribution is 14.0. The molecular weight excluding hydrogens is 429 g/mol. The van der Waals surface area contributed by atoms with Gasteiger partial charge >= 0.3 is 0 Å². The second-order valence-electron chi connectivity index (χ2n) is 5.30. The molecule has 0 aromatic heterocycles. The van der Waals surface area contributed by atoms with Crippen LogP contribution in [0.4, 0.5) is 0 Å². The van der Waals surface area contributed by atoms with E-state index >= 15 is 0 Å². The quantitative estimate of drug-likeness (QED) is 0.290. The van der Waals surface area contributed by atoms with Gasteiger partial charge in [0.05, 0.1) is 19.7 Å². The number of aliphatic imine (C=N–C) groups is 1. The van der Waals surface area contributed by atoms with E-state index in [0.717, 1.165) is 17.5 Å². The Bertz CT molecular complexity index is 650. The molecule has 0 radical (unpaired) electrons. The highest BCUT2D eigenvalue weighted by atomic mass is 127. The maximum Gasteiger partial charge on any atom is 0.191 e. The summed E-state index contributed by atoms with van der Waals surface area (Å²) in [7, 11) is 3.40. The Kier molecular flexibility index (Phi) is 9.76. The molecule has 2 aromatic carbocycles. The van der Waals surface area contributed by atoms with E-state index in [4.69, 9.17) is 9.47 Å². The summed E-state index contributed by atoms with van der Waals surface area (Å²) in [6.45, 7) is 3.29. The van der Waals surface area contributed by atoms with Gasteiger partial charge in [0.1, 0.15) is 18.1 Å². The van der Waals surface area contributed by atoms with Crippen molar-refractivity contribution in [1.82, 2.24) is 10.6 Å². The van der Waals surface area contributed by atoms with Gasteiger partial charge in [-0.05, 0) is 24.6 Å². The van der Waals surface area contributed by atoms with Crippen LogP contribution in [0.15, 0.2) is 59.6 Å². The third kappa shape index (κ3) is 7.21. The van der Waals surface area contributed by atoms with Gasteiger partial charge in [0.25, 0.3) is 0 Å². The van der Waals surface area contributed by atoms with Gasteiger partial charge in [-0.25, -0.2) is 0 Å². The first-order chi connectivity index (χ1) is 11.7. The Labute approximate surface area is 166 Å². The number of hydrogen-bond donors (Lipinski definition) is 2. The zero-order valence-electron chi connectivity index (χ0n) is 14.9. The van der Waals surface area contributed by atoms with E-state index < -0.39 is 0 Å². The summed E-state index contributed by atoms with van der Waals surface area (Å²) in [4.78, 5) is 4.24. The van der Waals surface area contributed by atoms with Gasteiger partial charge in [-0.1, -0.05) is 36.4 Å². The SMILES string of the molecule is CN=C(NCCOc1cccc(OC)c1)NC(C)c1ccccc1.I. The Morgan fingerprint density at radius 1 is 1.08 bits per heavy atom. The van der Waals surface area contributed by atoms with Crippen molar-refractivity contribution in [1.29, 1.82) is 0 Å². The predicted octanol–water partition coefficient (Wildman–Crippen LogP) is 3.62. The summed E-state index contributed by atoms with van der Waals surface area (Å²) in [6, 6.07) is 18.0. The molecule has 6 heteroatoms. The van der Waals surface area contributed by atoms with Crippen LogP contribution in [-0.4, -0.2) is 33.3 Å². The zero-order chi connectivity index (χ0) is 17.2. The molecule has 0 aliphatic rings. The Morgan fingerprint density at radius 3 is 2.48 bits per heavy atom. The molecule has 0 bridgehead atoms. The van der Waals surface area contributed by atoms with E-state index in [0.29, 0.717) is 13.2 Å². The third-order valence-corrected chi connectivity index (χ3v) is 3.58. The van der Waals surface area contributed by atoms with E-state index in [-0.39, 0.29) is 30.0 Å². The average Bonchev–Trinajstić information content (AvgIpc) is 2.65. The summed E-state index contributed by atoms with van der Waals surface area (Å²) in [6.07, 6.45) is 0. The fraction of sp³-hybridized carbons (Fsp3) is 0.316. The van der Waals surface area contributed by atoms with Crippen LogP contribution in [0.5, 0.6) is 11.5 Å². The minimum atomic E-state index is 0. The maximum absolute atomic E-state index is 5.71. The largest absolute Gasteiger partial charge is 0.497 e. The van der Waals surface area contributed by atoms with Gasteiger partial charge in [-0.3, -0.25) is 4.99 Å². The normalized spacial score (nSPS) is 11.9. The lowest BCUT2D eigenvalue weighted by molar-refractivity contribution is 0.319. The van der Waals surface area contributed by atoms with Crippen LogP contribution in [0.3, 0.4) is 0 Å². The fourth-order valence-electron chi connectivity index (χ4n) is 2.25. The van der Waals surface area contributed by atoms with Gasteiger partial charge in [-0.15, -0.1) is 24.0 Å². The monoisotopic (exact) mass is 455 g/mol. The first-order valence-electron chi connectivity index (χ1n) is 8.02. The van der Waals surface area contributed by atoms with Crippen LogP contribution in [0.25, 0.3) is 0 Å². The molecule has 0 aliphatic heterocycles. The van der Waals surface area contributed by atoms with Gasteiger partial charge in [0.2, 0.25) is 0 Å². The molecule has 5 nitrogen and oxygen atoms in total. The lowest BCUT2D eigenvalue weighted by Gasteiger charge is -2.18. The number of benzene rings is 2. The molecule has 0 saturated carbocycles. The number of methoxy groups -OCH3 is 1. The molecule has 25 heavy (non-hydrogen) atoms. The van der Waals surface area contributed by atoms with E-state index in [1.54, 1.807) is 14.2 Å². The highest BCUT2D eigenvalue weighted by Crippen LogP contribution is 2.18. The first-order valence-corrected chi connectivity index (χ1v) is 8.02. The van der Waals surface area contributed by atoms with E-state index in [2.05, 4.69) is 34.7 Å². The molecule has 0 heterocycles. The maximum atomic E-state index is 5.71. The summed E-state index contributed by atoms with van der Waals surface area (Å²) >= 11 is 0. The topological polar surface area (TPSA) is 54.9 Å². The van der Waals surface area contributed by atoms with Crippen molar-refractivity contribution in [3.63, 3.8) is 0 Å². The first kappa shape index (κ1) is 21.1. The lowest BCUT2D eigenvalue weighted by Crippen LogP contribution is -2.40. The molecule has 1 unspecified atom stereocenters. The van der Waals surface area contributed by atoms with Gasteiger partial charge in [0, 0.05) is 13.1 Å². The Balaban J connectivity index is 0.00000312. The fourth-order valence-corrected chi connectivity index (χ4v) is 2.25. The number of nitrogens with zero attached hydrogens (tertiary/aromatic N) is 1. The summed E-state index contributed by atoms with van der Waals surface area (Å²) in [5.74, 6) is 2.33. The predicted molar refractivity (Wildman–Crippen MR) is 113 cm³/mol. The van der Waals surface area contributed by atoms with Crippen molar-refractivity contribution < 1.29 is 9.47 Å². The Morgan fingerprint density at radius 2 is 1.80 bits per heavy atom. The van der Waals surface area contributed by atoms with Crippen LogP contribution in [-0.2, 0) is 0 Å². The molecule has 2 N–H and O–H groups in total. The minimum absolute atomic E-state index is 0. The van der Waals surface area contributed by atoms with Crippen LogP contribution in [0.1, 0.15) is 18.5 Å². The van der Waals surface area contributed by atoms with E-state index in [9.17, 15) is 0 Å². The molecule has 0 amide bonds. The molecule has 0 aliphatic carbocycles. The van der Waals surface area contributed by atoms with Crippen LogP contribution in [0, 0.1) is 0 Å². The van der Waals surface area contributed by atoms with Crippen molar-refractivity contribution in [2.24, 2.45) is 4.99 Å². The van der Waals surface area contributed by atoms with Crippen LogP contribution < -0.4 is 20.1 Å². The molecule has 2 aromatic rings. The minimum Gasteiger partial charge on any atom is -0.497 e. The second kappa shape index (κ2) is 11.6. The molecule has 0 spiro atoms. The summed E-state index contributed by atoms with van der Waals surface area (Å²) < 4.78 is 10.9. The molecule has 1 atom stereocenters. The highest BCUT2D eigenvalue weighted by Gasteiger charge is 2.06. The molecule has 0 saturated heterocycles. The summed E-state index contributed by atoms with van der Waals surface area (Å²) in [5, 5.41) is 6.61. The number of rotatable bonds is 7. The number of guanidine groups is 1. The second-order valence-corrected chi connectivity index (χ2v) is 5.30. The third-order valence-electron chi connectivity index (χ3n) is 3.58. The standard InChI is InChI=1S/C19H25N3O2.HI/c1-15(16-8-5-4-6-9-16)22-19(20-2)21-12-13-24-18-11-7-10-17(14-18)23-3;/h4-11,14-15H,12-13H2,1-3H3,(H2,20,21,22);1H. The molecule has 0 fully saturated rings. The Hall–Kier alpha value is -1.96. The molecular formula is C19H26IN3O2. The van der Waals surface area contributed by atoms with Crippen molar-refractivity contribution in [2.45, 2.75) is 13.0 Å². The summed E-state index contributed by atoms with van der Waals surface area (Å²) in [5.41, 5.74) is 1.22. The average molecular weight is 455 g/mol. The zero-order valence-corrected chi connectivity index (χ0v) is 17.2. The number of halogens is 1. The molecule has 2 rings (SSSR count). The smallest absolute Gasteiger partial charge is 0.191 e. The molecule has 136 valence electrons. The van der Waals surface area contributed by atoms with Crippen molar-refractivity contribution in [2.75, 3.05) is 27.3 Å². The van der Waals surface area contributed by atoms with Gasteiger partial charge < -0.3 is 20.1 Å². The number of nitrogens with one attached hydrogen (secondary N) is 2. The van der Waals surface area contributed by atoms with Gasteiger partial charge in [0.15, 0.2) is 5.96 Å².